The van der Waals surface area contributed by atoms with Crippen LogP contribution in [0.25, 0.3) is 0 Å². The van der Waals surface area contributed by atoms with Crippen LogP contribution in [-0.2, 0) is 0 Å². The van der Waals surface area contributed by atoms with E-state index in [0.717, 1.165) is 0 Å². The van der Waals surface area contributed by atoms with Gasteiger partial charge < -0.3 is 0 Å². The molecule has 2 atom stereocenters. The molecule has 1 fully saturated rings. The fourth-order valence-corrected chi connectivity index (χ4v) is 1.40. The summed E-state index contributed by atoms with van der Waals surface area (Å²) in [6.07, 6.45) is -6.06. The van der Waals surface area contributed by atoms with Gasteiger partial charge in [0.05, 0.1) is 5.92 Å². The van der Waals surface area contributed by atoms with Crippen LogP contribution in [0.15, 0.2) is 12.2 Å². The van der Waals surface area contributed by atoms with Crippen LogP contribution in [0.5, 0.6) is 0 Å². The molecular formula is C8H10F4. The third kappa shape index (κ3) is 1.99. The molecule has 1 aliphatic rings. The van der Waals surface area contributed by atoms with Crippen molar-refractivity contribution in [3.8, 4) is 0 Å². The van der Waals surface area contributed by atoms with E-state index in [9.17, 15) is 17.6 Å². The molecule has 2 unspecified atom stereocenters. The van der Waals surface area contributed by atoms with E-state index >= 15 is 0 Å². The molecule has 70 valence electrons. The van der Waals surface area contributed by atoms with Gasteiger partial charge in [0.25, 0.3) is 0 Å². The van der Waals surface area contributed by atoms with Gasteiger partial charge in [0, 0.05) is 0 Å². The van der Waals surface area contributed by atoms with E-state index in [1.165, 1.54) is 0 Å². The van der Waals surface area contributed by atoms with E-state index in [1.54, 1.807) is 0 Å². The summed E-state index contributed by atoms with van der Waals surface area (Å²) in [5.41, 5.74) is 0.506. The fourth-order valence-electron chi connectivity index (χ4n) is 1.40. The van der Waals surface area contributed by atoms with E-state index in [4.69, 9.17) is 0 Å². The second-order valence-corrected chi connectivity index (χ2v) is 3.16. The minimum atomic E-state index is -4.41. The molecule has 1 rings (SSSR count). The number of alkyl halides is 4. The van der Waals surface area contributed by atoms with Gasteiger partial charge in [-0.05, 0) is 19.3 Å². The molecule has 0 saturated heterocycles. The van der Waals surface area contributed by atoms with Crippen molar-refractivity contribution in [1.82, 2.24) is 0 Å². The first-order chi connectivity index (χ1) is 5.41. The summed E-state index contributed by atoms with van der Waals surface area (Å²) in [6.45, 7) is 3.45. The molecule has 0 spiro atoms. The van der Waals surface area contributed by atoms with Gasteiger partial charge in [0.2, 0.25) is 0 Å². The summed E-state index contributed by atoms with van der Waals surface area (Å²) in [7, 11) is 0. The van der Waals surface area contributed by atoms with Gasteiger partial charge in [-0.3, -0.25) is 0 Å². The molecular weight excluding hydrogens is 172 g/mol. The van der Waals surface area contributed by atoms with Gasteiger partial charge in [-0.2, -0.15) is 13.2 Å². The molecule has 0 aromatic heterocycles. The van der Waals surface area contributed by atoms with Crippen molar-refractivity contribution >= 4 is 0 Å². The third-order valence-corrected chi connectivity index (χ3v) is 2.14. The van der Waals surface area contributed by atoms with Crippen LogP contribution in [0, 0.1) is 5.92 Å². The van der Waals surface area contributed by atoms with Crippen molar-refractivity contribution in [2.45, 2.75) is 31.6 Å². The Balaban J connectivity index is 2.67. The Bertz CT molecular complexity index is 182. The Morgan fingerprint density at radius 1 is 1.33 bits per heavy atom. The molecule has 4 heteroatoms. The first-order valence-corrected chi connectivity index (χ1v) is 3.78. The molecule has 0 heterocycles. The smallest absolute Gasteiger partial charge is 0.247 e. The fraction of sp³-hybridized carbons (Fsp3) is 0.750. The zero-order valence-electron chi connectivity index (χ0n) is 6.49. The van der Waals surface area contributed by atoms with Crippen molar-refractivity contribution < 1.29 is 17.6 Å². The molecule has 0 aromatic carbocycles. The Morgan fingerprint density at radius 2 is 1.92 bits per heavy atom. The molecule has 0 N–H and O–H groups in total. The minimum absolute atomic E-state index is 0.0387. The maximum atomic E-state index is 12.8. The summed E-state index contributed by atoms with van der Waals surface area (Å²) >= 11 is 0. The Morgan fingerprint density at radius 3 is 2.33 bits per heavy atom. The second kappa shape index (κ2) is 3.07. The van der Waals surface area contributed by atoms with Crippen molar-refractivity contribution in [3.05, 3.63) is 12.2 Å². The van der Waals surface area contributed by atoms with E-state index in [0.29, 0.717) is 12.0 Å². The van der Waals surface area contributed by atoms with Gasteiger partial charge in [-0.1, -0.05) is 12.2 Å². The molecule has 1 saturated carbocycles. The molecule has 0 nitrogen and oxygen atoms in total. The lowest BCUT2D eigenvalue weighted by Crippen LogP contribution is -2.34. The van der Waals surface area contributed by atoms with Crippen LogP contribution < -0.4 is 0 Å². The maximum Gasteiger partial charge on any atom is 0.394 e. The Kier molecular flexibility index (Phi) is 2.44. The van der Waals surface area contributed by atoms with Gasteiger partial charge in [-0.25, -0.2) is 4.39 Å². The zero-order valence-corrected chi connectivity index (χ0v) is 6.49. The lowest BCUT2D eigenvalue weighted by molar-refractivity contribution is -0.193. The molecule has 0 amide bonds. The Hall–Kier alpha value is -0.540. The summed E-state index contributed by atoms with van der Waals surface area (Å²) in [5.74, 6) is -1.82. The largest absolute Gasteiger partial charge is 0.394 e. The zero-order chi connectivity index (χ0) is 9.35. The summed E-state index contributed by atoms with van der Waals surface area (Å²) in [5, 5.41) is 0. The third-order valence-electron chi connectivity index (χ3n) is 2.14. The predicted octanol–water partition coefficient (Wildman–Crippen LogP) is 3.24. The minimum Gasteiger partial charge on any atom is -0.247 e. The topological polar surface area (TPSA) is 0 Å². The Labute approximate surface area is 68.3 Å². The van der Waals surface area contributed by atoms with Gasteiger partial charge in [-0.15, -0.1) is 0 Å². The van der Waals surface area contributed by atoms with Crippen LogP contribution in [0.4, 0.5) is 17.6 Å². The van der Waals surface area contributed by atoms with Crippen LogP contribution in [-0.4, -0.2) is 12.3 Å². The summed E-state index contributed by atoms with van der Waals surface area (Å²) in [4.78, 5) is 0. The molecule has 0 aliphatic heterocycles. The van der Waals surface area contributed by atoms with Crippen molar-refractivity contribution in [3.63, 3.8) is 0 Å². The van der Waals surface area contributed by atoms with Gasteiger partial charge >= 0.3 is 6.18 Å². The highest BCUT2D eigenvalue weighted by molar-refractivity contribution is 5.03. The number of hydrogen-bond acceptors (Lipinski definition) is 0. The number of allylic oxidation sites excluding steroid dienone is 1. The normalized spacial score (nSPS) is 32.2. The highest BCUT2D eigenvalue weighted by Gasteiger charge is 2.46. The average molecular weight is 182 g/mol. The van der Waals surface area contributed by atoms with Gasteiger partial charge in [0.15, 0.2) is 0 Å². The summed E-state index contributed by atoms with van der Waals surface area (Å²) < 4.78 is 49.0. The van der Waals surface area contributed by atoms with E-state index in [1.807, 2.05) is 0 Å². The van der Waals surface area contributed by atoms with E-state index < -0.39 is 18.3 Å². The molecule has 0 bridgehead atoms. The quantitative estimate of drug-likeness (QED) is 0.398. The van der Waals surface area contributed by atoms with E-state index in [-0.39, 0.29) is 12.8 Å². The lowest BCUT2D eigenvalue weighted by atomic mass is 9.84. The highest BCUT2D eigenvalue weighted by atomic mass is 19.4. The monoisotopic (exact) mass is 182 g/mol. The van der Waals surface area contributed by atoms with Crippen molar-refractivity contribution in [2.24, 2.45) is 5.92 Å². The first kappa shape index (κ1) is 9.55. The maximum absolute atomic E-state index is 12.8. The number of halogens is 4. The number of rotatable bonds is 0. The van der Waals surface area contributed by atoms with Crippen LogP contribution in [0.1, 0.15) is 19.3 Å². The van der Waals surface area contributed by atoms with Crippen LogP contribution in [0.2, 0.25) is 0 Å². The van der Waals surface area contributed by atoms with Gasteiger partial charge in [0.1, 0.15) is 6.17 Å². The SMILES string of the molecule is C=C1CCC(F)C(C(F)(F)F)C1. The van der Waals surface area contributed by atoms with Crippen molar-refractivity contribution in [2.75, 3.05) is 0 Å². The molecule has 1 aliphatic carbocycles. The van der Waals surface area contributed by atoms with Crippen LogP contribution >= 0.6 is 0 Å². The van der Waals surface area contributed by atoms with Crippen LogP contribution in [0.3, 0.4) is 0 Å². The molecule has 0 radical (unpaired) electrons. The average Bonchev–Trinajstić information content (AvgIpc) is 1.92. The molecule has 0 aromatic rings. The standard InChI is InChI=1S/C8H10F4/c1-5-2-3-7(9)6(4-5)8(10,11)12/h6-7H,1-4H2. The predicted molar refractivity (Wildman–Crippen MR) is 37.4 cm³/mol. The molecule has 12 heavy (non-hydrogen) atoms. The van der Waals surface area contributed by atoms with Crippen molar-refractivity contribution in [1.29, 1.82) is 0 Å². The highest BCUT2D eigenvalue weighted by Crippen LogP contribution is 2.40. The number of hydrogen-bond donors (Lipinski definition) is 0. The van der Waals surface area contributed by atoms with E-state index in [2.05, 4.69) is 6.58 Å². The first-order valence-electron chi connectivity index (χ1n) is 3.78. The lowest BCUT2D eigenvalue weighted by Gasteiger charge is -2.28. The second-order valence-electron chi connectivity index (χ2n) is 3.16. The summed E-state index contributed by atoms with van der Waals surface area (Å²) in [6, 6.07) is 0.